The SMILES string of the molecule is O=C(O)[C@](Cc1ccccc1)(c1ccccc1)C(c1cccc2ccccc12)c1cccc2ccccc12. The third-order valence-electron chi connectivity index (χ3n) is 7.76. The van der Waals surface area contributed by atoms with Crippen molar-refractivity contribution in [1.29, 1.82) is 0 Å². The Hall–Kier alpha value is -4.69. The molecule has 0 saturated carbocycles. The highest BCUT2D eigenvalue weighted by Crippen LogP contribution is 2.49. The summed E-state index contributed by atoms with van der Waals surface area (Å²) in [6, 6.07) is 48.9. The first-order valence-electron chi connectivity index (χ1n) is 13.0. The van der Waals surface area contributed by atoms with Crippen LogP contribution in [-0.2, 0) is 16.6 Å². The Labute approximate surface area is 222 Å². The van der Waals surface area contributed by atoms with Crippen molar-refractivity contribution in [3.8, 4) is 0 Å². The van der Waals surface area contributed by atoms with Crippen LogP contribution in [0.15, 0.2) is 146 Å². The van der Waals surface area contributed by atoms with E-state index in [2.05, 4.69) is 60.7 Å². The van der Waals surface area contributed by atoms with E-state index in [0.29, 0.717) is 6.42 Å². The number of hydrogen-bond acceptors (Lipinski definition) is 1. The minimum Gasteiger partial charge on any atom is -0.481 e. The molecule has 0 aliphatic heterocycles. The standard InChI is InChI=1S/C36H28O2/c37-35(38)36(29-19-5-2-6-20-29,25-26-13-3-1-4-14-26)34(32-23-11-17-27-15-7-9-21-30(27)32)33-24-12-18-28-16-8-10-22-31(28)33/h1-24,34H,25H2,(H,37,38)/t36-/m1/s1. The maximum atomic E-state index is 13.9. The number of hydrogen-bond donors (Lipinski definition) is 1. The number of benzene rings is 6. The van der Waals surface area contributed by atoms with Crippen molar-refractivity contribution < 1.29 is 9.90 Å². The van der Waals surface area contributed by atoms with Crippen molar-refractivity contribution in [3.05, 3.63) is 168 Å². The fourth-order valence-corrected chi connectivity index (χ4v) is 6.05. The first-order valence-corrected chi connectivity index (χ1v) is 13.0. The van der Waals surface area contributed by atoms with Gasteiger partial charge in [0.15, 0.2) is 0 Å². The van der Waals surface area contributed by atoms with E-state index in [0.717, 1.165) is 43.8 Å². The van der Waals surface area contributed by atoms with Gasteiger partial charge in [0.1, 0.15) is 5.41 Å². The number of aliphatic carboxylic acids is 1. The van der Waals surface area contributed by atoms with Crippen LogP contribution in [0.25, 0.3) is 21.5 Å². The van der Waals surface area contributed by atoms with Gasteiger partial charge >= 0.3 is 5.97 Å². The van der Waals surface area contributed by atoms with Gasteiger partial charge in [0, 0.05) is 5.92 Å². The summed E-state index contributed by atoms with van der Waals surface area (Å²) in [5.41, 5.74) is 2.55. The summed E-state index contributed by atoms with van der Waals surface area (Å²) in [5, 5.41) is 15.7. The number of fused-ring (bicyclic) bond motifs is 2. The Kier molecular flexibility index (Phi) is 6.23. The van der Waals surface area contributed by atoms with Gasteiger partial charge < -0.3 is 5.11 Å². The third kappa shape index (κ3) is 4.05. The number of rotatable bonds is 7. The molecule has 0 unspecified atom stereocenters. The zero-order valence-corrected chi connectivity index (χ0v) is 21.0. The lowest BCUT2D eigenvalue weighted by Gasteiger charge is -2.40. The van der Waals surface area contributed by atoms with Gasteiger partial charge in [0.05, 0.1) is 0 Å². The van der Waals surface area contributed by atoms with Crippen molar-refractivity contribution >= 4 is 27.5 Å². The van der Waals surface area contributed by atoms with Crippen LogP contribution < -0.4 is 0 Å². The highest BCUT2D eigenvalue weighted by molar-refractivity contribution is 5.94. The van der Waals surface area contributed by atoms with Crippen LogP contribution in [0, 0.1) is 0 Å². The molecule has 0 saturated heterocycles. The average molecular weight is 493 g/mol. The number of carboxylic acid groups (broad SMARTS) is 1. The normalized spacial score (nSPS) is 13.0. The molecule has 6 aromatic carbocycles. The molecule has 0 spiro atoms. The van der Waals surface area contributed by atoms with Gasteiger partial charge in [-0.3, -0.25) is 4.79 Å². The minimum atomic E-state index is -1.27. The molecule has 6 aromatic rings. The molecule has 1 atom stereocenters. The summed E-state index contributed by atoms with van der Waals surface area (Å²) >= 11 is 0. The molecule has 0 bridgehead atoms. The molecule has 0 aliphatic rings. The van der Waals surface area contributed by atoms with E-state index < -0.39 is 17.3 Å². The Morgan fingerprint density at radius 2 is 1.00 bits per heavy atom. The predicted octanol–water partition coefficient (Wildman–Crippen LogP) is 8.39. The Balaban J connectivity index is 1.76. The largest absolute Gasteiger partial charge is 0.481 e. The Bertz CT molecular complexity index is 1630. The van der Waals surface area contributed by atoms with E-state index in [1.807, 2.05) is 84.9 Å². The van der Waals surface area contributed by atoms with Crippen LogP contribution in [0.4, 0.5) is 0 Å². The molecule has 184 valence electrons. The minimum absolute atomic E-state index is 0.351. The molecular weight excluding hydrogens is 464 g/mol. The molecule has 0 heterocycles. The van der Waals surface area contributed by atoms with Crippen LogP contribution in [0.2, 0.25) is 0 Å². The fraction of sp³-hybridized carbons (Fsp3) is 0.0833. The molecule has 38 heavy (non-hydrogen) atoms. The highest BCUT2D eigenvalue weighted by Gasteiger charge is 2.49. The molecular formula is C36H28O2. The van der Waals surface area contributed by atoms with Gasteiger partial charge in [-0.25, -0.2) is 0 Å². The van der Waals surface area contributed by atoms with E-state index in [9.17, 15) is 9.90 Å². The van der Waals surface area contributed by atoms with Crippen molar-refractivity contribution in [2.24, 2.45) is 0 Å². The summed E-state index contributed by atoms with van der Waals surface area (Å²) in [5.74, 6) is -1.29. The van der Waals surface area contributed by atoms with E-state index in [-0.39, 0.29) is 0 Å². The van der Waals surface area contributed by atoms with Crippen molar-refractivity contribution in [2.75, 3.05) is 0 Å². The lowest BCUT2D eigenvalue weighted by atomic mass is 9.61. The van der Waals surface area contributed by atoms with Crippen LogP contribution in [0.5, 0.6) is 0 Å². The molecule has 0 amide bonds. The third-order valence-corrected chi connectivity index (χ3v) is 7.76. The Morgan fingerprint density at radius 3 is 1.53 bits per heavy atom. The molecule has 0 aromatic heterocycles. The van der Waals surface area contributed by atoms with Crippen molar-refractivity contribution in [2.45, 2.75) is 17.8 Å². The smallest absolute Gasteiger partial charge is 0.315 e. The molecule has 2 nitrogen and oxygen atoms in total. The van der Waals surface area contributed by atoms with Gasteiger partial charge in [-0.2, -0.15) is 0 Å². The topological polar surface area (TPSA) is 37.3 Å². The highest BCUT2D eigenvalue weighted by atomic mass is 16.4. The second-order valence-corrected chi connectivity index (χ2v) is 9.87. The average Bonchev–Trinajstić information content (AvgIpc) is 2.98. The number of carboxylic acids is 1. The molecule has 1 N–H and O–H groups in total. The summed E-state index contributed by atoms with van der Waals surface area (Å²) in [6.45, 7) is 0. The Morgan fingerprint density at radius 1 is 0.553 bits per heavy atom. The summed E-state index contributed by atoms with van der Waals surface area (Å²) in [7, 11) is 0. The molecule has 6 rings (SSSR count). The van der Waals surface area contributed by atoms with Gasteiger partial charge in [-0.15, -0.1) is 0 Å². The van der Waals surface area contributed by atoms with Crippen LogP contribution >= 0.6 is 0 Å². The molecule has 2 heteroatoms. The predicted molar refractivity (Wildman–Crippen MR) is 156 cm³/mol. The lowest BCUT2D eigenvalue weighted by Crippen LogP contribution is -2.44. The van der Waals surface area contributed by atoms with Crippen molar-refractivity contribution in [3.63, 3.8) is 0 Å². The zero-order valence-electron chi connectivity index (χ0n) is 21.0. The molecule has 0 fully saturated rings. The fourth-order valence-electron chi connectivity index (χ4n) is 6.05. The summed E-state index contributed by atoms with van der Waals surface area (Å²) in [4.78, 5) is 13.9. The van der Waals surface area contributed by atoms with Gasteiger partial charge in [0.2, 0.25) is 0 Å². The van der Waals surface area contributed by atoms with Crippen molar-refractivity contribution in [1.82, 2.24) is 0 Å². The van der Waals surface area contributed by atoms with E-state index in [1.165, 1.54) is 0 Å². The maximum absolute atomic E-state index is 13.9. The molecule has 0 radical (unpaired) electrons. The lowest BCUT2D eigenvalue weighted by molar-refractivity contribution is -0.144. The van der Waals surface area contributed by atoms with E-state index in [4.69, 9.17) is 0 Å². The van der Waals surface area contributed by atoms with Crippen LogP contribution in [-0.4, -0.2) is 11.1 Å². The van der Waals surface area contributed by atoms with E-state index in [1.54, 1.807) is 0 Å². The summed E-state index contributed by atoms with van der Waals surface area (Å²) in [6.07, 6.45) is 0.351. The summed E-state index contributed by atoms with van der Waals surface area (Å²) < 4.78 is 0. The first kappa shape index (κ1) is 23.7. The van der Waals surface area contributed by atoms with E-state index >= 15 is 0 Å². The zero-order chi connectivity index (χ0) is 26.0. The quantitative estimate of drug-likeness (QED) is 0.243. The first-order chi connectivity index (χ1) is 18.7. The van der Waals surface area contributed by atoms with Gasteiger partial charge in [-0.1, -0.05) is 146 Å². The van der Waals surface area contributed by atoms with Crippen LogP contribution in [0.3, 0.4) is 0 Å². The monoisotopic (exact) mass is 492 g/mol. The number of carbonyl (C=O) groups is 1. The van der Waals surface area contributed by atoms with Gasteiger partial charge in [0.25, 0.3) is 0 Å². The second kappa shape index (κ2) is 9.99. The van der Waals surface area contributed by atoms with Crippen LogP contribution in [0.1, 0.15) is 28.2 Å². The van der Waals surface area contributed by atoms with Gasteiger partial charge in [-0.05, 0) is 50.2 Å². The maximum Gasteiger partial charge on any atom is 0.315 e. The molecule has 0 aliphatic carbocycles. The second-order valence-electron chi connectivity index (χ2n) is 9.87.